The van der Waals surface area contributed by atoms with Crippen molar-refractivity contribution in [2.75, 3.05) is 25.4 Å². The predicted octanol–water partition coefficient (Wildman–Crippen LogP) is 4.16. The third kappa shape index (κ3) is 3.46. The lowest BCUT2D eigenvalue weighted by Crippen LogP contribution is -2.53. The lowest BCUT2D eigenvalue weighted by atomic mass is 10.00. The van der Waals surface area contributed by atoms with Gasteiger partial charge in [0, 0.05) is 31.0 Å². The number of hydrogen-bond acceptors (Lipinski definition) is 3. The molecule has 0 aliphatic carbocycles. The molecule has 0 radical (unpaired) electrons. The van der Waals surface area contributed by atoms with Gasteiger partial charge in [-0.15, -0.1) is 11.8 Å². The Labute approximate surface area is 168 Å². The molecule has 2 aromatic carbocycles. The first-order valence-corrected chi connectivity index (χ1v) is 10.5. The Morgan fingerprint density at radius 2 is 1.56 bits per heavy atom. The molecule has 6 heteroatoms. The predicted molar refractivity (Wildman–Crippen MR) is 109 cm³/mol. The van der Waals surface area contributed by atoms with Gasteiger partial charge in [0.05, 0.1) is 15.5 Å². The van der Waals surface area contributed by atoms with Gasteiger partial charge in [0.25, 0.3) is 11.8 Å². The molecule has 2 aromatic rings. The van der Waals surface area contributed by atoms with E-state index in [1.54, 1.807) is 12.1 Å². The molecule has 2 fully saturated rings. The number of thioether (sulfide) groups is 1. The van der Waals surface area contributed by atoms with Crippen LogP contribution in [0.5, 0.6) is 0 Å². The van der Waals surface area contributed by atoms with E-state index in [1.165, 1.54) is 0 Å². The van der Waals surface area contributed by atoms with E-state index in [2.05, 4.69) is 0 Å². The number of hydrogen-bond donors (Lipinski definition) is 0. The van der Waals surface area contributed by atoms with E-state index in [0.29, 0.717) is 23.7 Å². The molecule has 140 valence electrons. The van der Waals surface area contributed by atoms with Crippen LogP contribution in [0.25, 0.3) is 0 Å². The van der Waals surface area contributed by atoms with Crippen molar-refractivity contribution in [1.29, 1.82) is 0 Å². The van der Waals surface area contributed by atoms with Crippen LogP contribution in [0.3, 0.4) is 0 Å². The first-order chi connectivity index (χ1) is 13.1. The highest BCUT2D eigenvalue weighted by atomic mass is 35.5. The van der Waals surface area contributed by atoms with Crippen LogP contribution >= 0.6 is 23.4 Å². The monoisotopic (exact) mass is 400 g/mol. The Hall–Kier alpha value is -1.98. The van der Waals surface area contributed by atoms with Crippen LogP contribution in [0.2, 0.25) is 5.02 Å². The van der Waals surface area contributed by atoms with Crippen molar-refractivity contribution in [2.45, 2.75) is 17.7 Å². The average molecular weight is 401 g/mol. The lowest BCUT2D eigenvalue weighted by molar-refractivity contribution is 0.0498. The third-order valence-corrected chi connectivity index (χ3v) is 7.26. The second kappa shape index (κ2) is 7.56. The van der Waals surface area contributed by atoms with Crippen LogP contribution in [-0.4, -0.2) is 51.9 Å². The summed E-state index contributed by atoms with van der Waals surface area (Å²) >= 11 is 8.09. The van der Waals surface area contributed by atoms with Gasteiger partial charge in [-0.25, -0.2) is 0 Å². The van der Waals surface area contributed by atoms with Gasteiger partial charge in [-0.3, -0.25) is 9.59 Å². The smallest absolute Gasteiger partial charge is 0.256 e. The summed E-state index contributed by atoms with van der Waals surface area (Å²) < 4.78 is 0. The van der Waals surface area contributed by atoms with Gasteiger partial charge in [0.15, 0.2) is 0 Å². The summed E-state index contributed by atoms with van der Waals surface area (Å²) in [4.78, 5) is 29.5. The second-order valence-corrected chi connectivity index (χ2v) is 8.75. The minimum absolute atomic E-state index is 0.00608. The highest BCUT2D eigenvalue weighted by molar-refractivity contribution is 8.00. The van der Waals surface area contributed by atoms with Crippen molar-refractivity contribution in [1.82, 2.24) is 9.80 Å². The summed E-state index contributed by atoms with van der Waals surface area (Å²) in [5.41, 5.74) is 1.28. The zero-order valence-corrected chi connectivity index (χ0v) is 16.5. The Balaban J connectivity index is 1.49. The first kappa shape index (κ1) is 18.4. The zero-order valence-electron chi connectivity index (χ0n) is 14.9. The molecule has 1 spiro atoms. The van der Waals surface area contributed by atoms with Crippen molar-refractivity contribution < 1.29 is 9.59 Å². The van der Waals surface area contributed by atoms with Crippen LogP contribution in [0.4, 0.5) is 0 Å². The maximum atomic E-state index is 13.1. The van der Waals surface area contributed by atoms with Crippen molar-refractivity contribution in [3.8, 4) is 0 Å². The van der Waals surface area contributed by atoms with Gasteiger partial charge in [-0.2, -0.15) is 0 Å². The number of rotatable bonds is 2. The molecule has 27 heavy (non-hydrogen) atoms. The minimum atomic E-state index is -0.232. The summed E-state index contributed by atoms with van der Waals surface area (Å²) in [6, 6.07) is 16.6. The maximum Gasteiger partial charge on any atom is 0.256 e. The van der Waals surface area contributed by atoms with Gasteiger partial charge in [-0.1, -0.05) is 41.9 Å². The van der Waals surface area contributed by atoms with E-state index in [0.717, 1.165) is 30.7 Å². The van der Waals surface area contributed by atoms with Crippen molar-refractivity contribution >= 4 is 35.2 Å². The topological polar surface area (TPSA) is 40.6 Å². The molecular weight excluding hydrogens is 380 g/mol. The summed E-state index contributed by atoms with van der Waals surface area (Å²) in [6.45, 7) is 2.04. The van der Waals surface area contributed by atoms with E-state index in [9.17, 15) is 9.59 Å². The van der Waals surface area contributed by atoms with Gasteiger partial charge in [0.2, 0.25) is 0 Å². The Morgan fingerprint density at radius 1 is 0.889 bits per heavy atom. The molecule has 0 unspecified atom stereocenters. The van der Waals surface area contributed by atoms with E-state index in [1.807, 2.05) is 64.0 Å². The molecule has 2 aliphatic rings. The normalized spacial score (nSPS) is 18.7. The first-order valence-electron chi connectivity index (χ1n) is 9.15. The number of benzene rings is 2. The molecule has 0 saturated carbocycles. The number of amides is 2. The highest BCUT2D eigenvalue weighted by Crippen LogP contribution is 2.45. The number of carbonyl (C=O) groups excluding carboxylic acids is 2. The Kier molecular flexibility index (Phi) is 5.15. The third-order valence-electron chi connectivity index (χ3n) is 5.38. The van der Waals surface area contributed by atoms with E-state index in [4.69, 9.17) is 11.6 Å². The molecule has 0 atom stereocenters. The standard InChI is InChI=1S/C21H21ClN2O2S/c22-18-9-5-4-8-17(18)20(26)24-14-15-27-21(24)10-12-23(13-11-21)19(25)16-6-2-1-3-7-16/h1-9H,10-15H2. The van der Waals surface area contributed by atoms with Gasteiger partial charge < -0.3 is 9.80 Å². The fourth-order valence-electron chi connectivity index (χ4n) is 3.91. The molecule has 4 rings (SSSR count). The summed E-state index contributed by atoms with van der Waals surface area (Å²) in [5.74, 6) is 0.980. The van der Waals surface area contributed by atoms with Crippen LogP contribution in [0, 0.1) is 0 Å². The molecule has 2 amide bonds. The van der Waals surface area contributed by atoms with Gasteiger partial charge in [-0.05, 0) is 37.1 Å². The van der Waals surface area contributed by atoms with Gasteiger partial charge in [0.1, 0.15) is 0 Å². The molecule has 0 aromatic heterocycles. The molecule has 0 N–H and O–H groups in total. The summed E-state index contributed by atoms with van der Waals surface area (Å²) in [6.07, 6.45) is 1.57. The summed E-state index contributed by atoms with van der Waals surface area (Å²) in [5, 5.41) is 0.492. The molecular formula is C21H21ClN2O2S. The lowest BCUT2D eigenvalue weighted by Gasteiger charge is -2.44. The van der Waals surface area contributed by atoms with Crippen LogP contribution in [0.1, 0.15) is 33.6 Å². The molecule has 2 heterocycles. The molecule has 2 saturated heterocycles. The average Bonchev–Trinajstić information content (AvgIpc) is 3.11. The van der Waals surface area contributed by atoms with E-state index in [-0.39, 0.29) is 16.7 Å². The number of nitrogens with zero attached hydrogens (tertiary/aromatic N) is 2. The fourth-order valence-corrected chi connectivity index (χ4v) is 5.58. The molecule has 4 nitrogen and oxygen atoms in total. The zero-order chi connectivity index (χ0) is 18.9. The minimum Gasteiger partial charge on any atom is -0.338 e. The highest BCUT2D eigenvalue weighted by Gasteiger charge is 2.47. The fraction of sp³-hybridized carbons (Fsp3) is 0.333. The van der Waals surface area contributed by atoms with Crippen molar-refractivity contribution in [3.05, 3.63) is 70.7 Å². The van der Waals surface area contributed by atoms with Crippen molar-refractivity contribution in [3.63, 3.8) is 0 Å². The Bertz CT molecular complexity index is 850. The SMILES string of the molecule is O=C(c1ccccc1)N1CCC2(CC1)SCCN2C(=O)c1ccccc1Cl. The molecule has 0 bridgehead atoms. The number of halogens is 1. The number of piperidine rings is 1. The Morgan fingerprint density at radius 3 is 2.26 bits per heavy atom. The van der Waals surface area contributed by atoms with E-state index < -0.39 is 0 Å². The summed E-state index contributed by atoms with van der Waals surface area (Å²) in [7, 11) is 0. The second-order valence-electron chi connectivity index (χ2n) is 6.89. The van der Waals surface area contributed by atoms with Crippen LogP contribution < -0.4 is 0 Å². The quantitative estimate of drug-likeness (QED) is 0.759. The maximum absolute atomic E-state index is 13.1. The van der Waals surface area contributed by atoms with Crippen molar-refractivity contribution in [2.24, 2.45) is 0 Å². The van der Waals surface area contributed by atoms with Crippen LogP contribution in [0.15, 0.2) is 54.6 Å². The van der Waals surface area contributed by atoms with E-state index >= 15 is 0 Å². The largest absolute Gasteiger partial charge is 0.338 e. The number of carbonyl (C=O) groups is 2. The van der Waals surface area contributed by atoms with Crippen LogP contribution in [-0.2, 0) is 0 Å². The number of likely N-dealkylation sites (tertiary alicyclic amines) is 1. The van der Waals surface area contributed by atoms with Gasteiger partial charge >= 0.3 is 0 Å². The molecule has 2 aliphatic heterocycles.